The molecule has 1 aromatic heterocycles. The van der Waals surface area contributed by atoms with Gasteiger partial charge in [-0.3, -0.25) is 9.58 Å². The number of carbonyl (C=O) groups is 2. The van der Waals surface area contributed by atoms with Crippen molar-refractivity contribution in [1.82, 2.24) is 14.7 Å². The Morgan fingerprint density at radius 2 is 1.75 bits per heavy atom. The van der Waals surface area contributed by atoms with E-state index in [9.17, 15) is 9.59 Å². The molecule has 150 valence electrons. The van der Waals surface area contributed by atoms with Crippen molar-refractivity contribution in [2.75, 3.05) is 26.3 Å². The maximum Gasteiger partial charge on any atom is 0.341 e. The third-order valence-corrected chi connectivity index (χ3v) is 5.12. The Labute approximate surface area is 165 Å². The summed E-state index contributed by atoms with van der Waals surface area (Å²) in [6, 6.07) is 10.3. The van der Waals surface area contributed by atoms with Crippen molar-refractivity contribution in [2.24, 2.45) is 0 Å². The van der Waals surface area contributed by atoms with Gasteiger partial charge in [-0.1, -0.05) is 30.3 Å². The number of nitrogens with zero attached hydrogens (tertiary/aromatic N) is 3. The molecule has 0 amide bonds. The molecule has 1 fully saturated rings. The van der Waals surface area contributed by atoms with Gasteiger partial charge in [0.1, 0.15) is 0 Å². The van der Waals surface area contributed by atoms with Crippen molar-refractivity contribution < 1.29 is 19.1 Å². The Hall–Kier alpha value is -2.67. The predicted octanol–water partition coefficient (Wildman–Crippen LogP) is 2.61. The Balaban J connectivity index is 1.77. The van der Waals surface area contributed by atoms with Crippen LogP contribution < -0.4 is 0 Å². The van der Waals surface area contributed by atoms with E-state index < -0.39 is 11.5 Å². The molecule has 3 rings (SSSR count). The molecule has 0 bridgehead atoms. The fourth-order valence-electron chi connectivity index (χ4n) is 3.59. The second kappa shape index (κ2) is 9.01. The van der Waals surface area contributed by atoms with Crippen LogP contribution in [-0.4, -0.2) is 52.9 Å². The van der Waals surface area contributed by atoms with E-state index in [1.54, 1.807) is 24.7 Å². The van der Waals surface area contributed by atoms with Gasteiger partial charge in [0.2, 0.25) is 0 Å². The fraction of sp³-hybridized carbons (Fsp3) is 0.476. The highest BCUT2D eigenvalue weighted by Gasteiger charge is 2.45. The van der Waals surface area contributed by atoms with E-state index in [-0.39, 0.29) is 5.97 Å². The lowest BCUT2D eigenvalue weighted by molar-refractivity contribution is -0.157. The highest BCUT2D eigenvalue weighted by Crippen LogP contribution is 2.32. The van der Waals surface area contributed by atoms with Crippen molar-refractivity contribution in [3.8, 4) is 0 Å². The fourth-order valence-corrected chi connectivity index (χ4v) is 3.59. The molecule has 1 aliphatic heterocycles. The lowest BCUT2D eigenvalue weighted by Gasteiger charge is -2.40. The molecule has 0 saturated carbocycles. The standard InChI is InChI=1S/C21H27N3O4/c1-3-27-19(25)18-14-22-24(16-18)21(20(26)28-4-2)10-12-23(13-11-21)15-17-8-6-5-7-9-17/h5-9,14,16H,3-4,10-13,15H2,1-2H3. The number of ether oxygens (including phenoxy) is 2. The van der Waals surface area contributed by atoms with E-state index in [0.717, 1.165) is 19.6 Å². The van der Waals surface area contributed by atoms with Crippen LogP contribution in [0.15, 0.2) is 42.7 Å². The first kappa shape index (κ1) is 20.1. The molecule has 2 aromatic rings. The zero-order chi connectivity index (χ0) is 20.0. The number of aromatic nitrogens is 2. The van der Waals surface area contributed by atoms with Crippen molar-refractivity contribution in [2.45, 2.75) is 38.8 Å². The monoisotopic (exact) mass is 385 g/mol. The van der Waals surface area contributed by atoms with Crippen molar-refractivity contribution in [1.29, 1.82) is 0 Å². The molecule has 0 aliphatic carbocycles. The molecule has 7 nitrogen and oxygen atoms in total. The highest BCUT2D eigenvalue weighted by atomic mass is 16.5. The van der Waals surface area contributed by atoms with Crippen LogP contribution in [0.4, 0.5) is 0 Å². The molecule has 1 saturated heterocycles. The summed E-state index contributed by atoms with van der Waals surface area (Å²) in [6.07, 6.45) is 4.20. The molecule has 28 heavy (non-hydrogen) atoms. The van der Waals surface area contributed by atoms with Crippen LogP contribution in [0.1, 0.15) is 42.6 Å². The van der Waals surface area contributed by atoms with Gasteiger partial charge in [-0.2, -0.15) is 5.10 Å². The van der Waals surface area contributed by atoms with E-state index in [0.29, 0.717) is 31.6 Å². The number of carbonyl (C=O) groups excluding carboxylic acids is 2. The van der Waals surface area contributed by atoms with Crippen LogP contribution in [0.2, 0.25) is 0 Å². The Morgan fingerprint density at radius 1 is 1.07 bits per heavy atom. The lowest BCUT2D eigenvalue weighted by atomic mass is 9.87. The van der Waals surface area contributed by atoms with Crippen LogP contribution in [0, 0.1) is 0 Å². The molecular formula is C21H27N3O4. The largest absolute Gasteiger partial charge is 0.464 e. The van der Waals surface area contributed by atoms with Crippen molar-refractivity contribution in [3.05, 3.63) is 53.9 Å². The van der Waals surface area contributed by atoms with Gasteiger partial charge in [0, 0.05) is 25.8 Å². The highest BCUT2D eigenvalue weighted by molar-refractivity contribution is 5.89. The van der Waals surface area contributed by atoms with Crippen LogP contribution in [0.5, 0.6) is 0 Å². The first-order valence-corrected chi connectivity index (χ1v) is 9.75. The summed E-state index contributed by atoms with van der Waals surface area (Å²) in [5, 5.41) is 4.32. The van der Waals surface area contributed by atoms with E-state index in [2.05, 4.69) is 22.1 Å². The summed E-state index contributed by atoms with van der Waals surface area (Å²) in [6.45, 7) is 6.47. The molecule has 1 aromatic carbocycles. The van der Waals surface area contributed by atoms with Gasteiger partial charge in [0.25, 0.3) is 0 Å². The molecule has 1 aliphatic rings. The average molecular weight is 385 g/mol. The molecule has 0 unspecified atom stereocenters. The zero-order valence-electron chi connectivity index (χ0n) is 16.5. The third kappa shape index (κ3) is 4.25. The predicted molar refractivity (Wildman–Crippen MR) is 104 cm³/mol. The van der Waals surface area contributed by atoms with Crippen molar-refractivity contribution in [3.63, 3.8) is 0 Å². The molecule has 0 N–H and O–H groups in total. The van der Waals surface area contributed by atoms with Gasteiger partial charge >= 0.3 is 11.9 Å². The topological polar surface area (TPSA) is 73.7 Å². The summed E-state index contributed by atoms with van der Waals surface area (Å²) < 4.78 is 12.0. The summed E-state index contributed by atoms with van der Waals surface area (Å²) in [5.41, 5.74) is 0.695. The minimum Gasteiger partial charge on any atom is -0.464 e. The smallest absolute Gasteiger partial charge is 0.341 e. The van der Waals surface area contributed by atoms with Gasteiger partial charge < -0.3 is 9.47 Å². The quantitative estimate of drug-likeness (QED) is 0.682. The van der Waals surface area contributed by atoms with Crippen LogP contribution in [-0.2, 0) is 26.4 Å². The number of esters is 2. The summed E-state index contributed by atoms with van der Waals surface area (Å²) in [5.74, 6) is -0.734. The second-order valence-electron chi connectivity index (χ2n) is 6.91. The van der Waals surface area contributed by atoms with Crippen molar-refractivity contribution >= 4 is 11.9 Å². The van der Waals surface area contributed by atoms with Gasteiger partial charge in [-0.25, -0.2) is 9.59 Å². The minimum atomic E-state index is -0.895. The number of piperidine rings is 1. The molecule has 0 spiro atoms. The molecule has 7 heteroatoms. The minimum absolute atomic E-state index is 0.293. The van der Waals surface area contributed by atoms with Gasteiger partial charge in [-0.05, 0) is 32.3 Å². The Kier molecular flexibility index (Phi) is 6.46. The Bertz CT molecular complexity index is 795. The number of hydrogen-bond donors (Lipinski definition) is 0. The molecule has 2 heterocycles. The zero-order valence-corrected chi connectivity index (χ0v) is 16.5. The molecule has 0 radical (unpaired) electrons. The lowest BCUT2D eigenvalue weighted by Crippen LogP contribution is -2.51. The van der Waals surface area contributed by atoms with E-state index >= 15 is 0 Å². The van der Waals surface area contributed by atoms with Gasteiger partial charge in [0.05, 0.1) is 25.0 Å². The maximum absolute atomic E-state index is 12.9. The van der Waals surface area contributed by atoms with E-state index in [1.807, 2.05) is 18.2 Å². The first-order chi connectivity index (χ1) is 13.6. The second-order valence-corrected chi connectivity index (χ2v) is 6.91. The number of benzene rings is 1. The molecule has 0 atom stereocenters. The van der Waals surface area contributed by atoms with E-state index in [4.69, 9.17) is 9.47 Å². The normalized spacial score (nSPS) is 16.5. The van der Waals surface area contributed by atoms with Crippen LogP contribution >= 0.6 is 0 Å². The van der Waals surface area contributed by atoms with Crippen LogP contribution in [0.25, 0.3) is 0 Å². The van der Waals surface area contributed by atoms with E-state index in [1.165, 1.54) is 11.8 Å². The van der Waals surface area contributed by atoms with Crippen LogP contribution in [0.3, 0.4) is 0 Å². The number of hydrogen-bond acceptors (Lipinski definition) is 6. The average Bonchev–Trinajstić information content (AvgIpc) is 3.21. The van der Waals surface area contributed by atoms with Gasteiger partial charge in [-0.15, -0.1) is 0 Å². The Morgan fingerprint density at radius 3 is 2.39 bits per heavy atom. The van der Waals surface area contributed by atoms with Gasteiger partial charge in [0.15, 0.2) is 5.54 Å². The first-order valence-electron chi connectivity index (χ1n) is 9.75. The molecular weight excluding hydrogens is 358 g/mol. The third-order valence-electron chi connectivity index (χ3n) is 5.12. The number of rotatable bonds is 7. The summed E-state index contributed by atoms with van der Waals surface area (Å²) >= 11 is 0. The SMILES string of the molecule is CCOC(=O)c1cnn(C2(C(=O)OCC)CCN(Cc3ccccc3)CC2)c1. The number of likely N-dealkylation sites (tertiary alicyclic amines) is 1. The summed E-state index contributed by atoms with van der Waals surface area (Å²) in [7, 11) is 0. The summed E-state index contributed by atoms with van der Waals surface area (Å²) in [4.78, 5) is 27.2. The maximum atomic E-state index is 12.9.